The number of halogens is 1. The van der Waals surface area contributed by atoms with Gasteiger partial charge in [0.2, 0.25) is 0 Å². The lowest BCUT2D eigenvalue weighted by Crippen LogP contribution is -2.14. The molecule has 5 nitrogen and oxygen atoms in total. The number of carbonyl (C=O) groups excluding carboxylic acids is 1. The molecule has 0 aliphatic rings. The molecule has 3 aromatic rings. The first kappa shape index (κ1) is 14.2. The largest absolute Gasteiger partial charge is 0.319 e. The second kappa shape index (κ2) is 5.22. The molecule has 0 radical (unpaired) electrons. The monoisotopic (exact) mass is 298 g/mol. The molecule has 6 heteroatoms. The fourth-order valence-electron chi connectivity index (χ4n) is 2.50. The third-order valence-electron chi connectivity index (χ3n) is 3.46. The van der Waals surface area contributed by atoms with E-state index < -0.39 is 5.82 Å². The molecule has 0 aliphatic heterocycles. The van der Waals surface area contributed by atoms with Crippen LogP contribution in [0, 0.1) is 19.7 Å². The Bertz CT molecular complexity index is 885. The number of nitrogens with one attached hydrogen (secondary N) is 1. The van der Waals surface area contributed by atoms with Crippen molar-refractivity contribution < 1.29 is 9.18 Å². The van der Waals surface area contributed by atoms with Crippen LogP contribution >= 0.6 is 0 Å². The standard InChI is InChI=1S/C16H15FN4O/c1-9-8-11(14-10(2)20-21(3)15(14)18-9)16(22)19-13-7-5-4-6-12(13)17/h4-8H,1-3H3,(H,19,22). The first-order valence-corrected chi connectivity index (χ1v) is 6.84. The highest BCUT2D eigenvalue weighted by molar-refractivity contribution is 6.12. The molecular formula is C16H15FN4O. The van der Waals surface area contributed by atoms with Gasteiger partial charge in [0.15, 0.2) is 5.65 Å². The number of para-hydroxylation sites is 1. The summed E-state index contributed by atoms with van der Waals surface area (Å²) >= 11 is 0. The molecule has 0 fully saturated rings. The summed E-state index contributed by atoms with van der Waals surface area (Å²) < 4.78 is 15.3. The van der Waals surface area contributed by atoms with Gasteiger partial charge in [-0.05, 0) is 32.0 Å². The molecule has 22 heavy (non-hydrogen) atoms. The van der Waals surface area contributed by atoms with Crippen molar-refractivity contribution in [3.63, 3.8) is 0 Å². The zero-order valence-corrected chi connectivity index (χ0v) is 12.5. The molecule has 0 saturated carbocycles. The Labute approximate surface area is 126 Å². The van der Waals surface area contributed by atoms with Gasteiger partial charge in [-0.3, -0.25) is 9.48 Å². The van der Waals surface area contributed by atoms with Crippen LogP contribution in [-0.2, 0) is 7.05 Å². The quantitative estimate of drug-likeness (QED) is 0.791. The predicted molar refractivity (Wildman–Crippen MR) is 82.3 cm³/mol. The lowest BCUT2D eigenvalue weighted by molar-refractivity contribution is 0.102. The summed E-state index contributed by atoms with van der Waals surface area (Å²) in [6.07, 6.45) is 0. The average molecular weight is 298 g/mol. The number of hydrogen-bond acceptors (Lipinski definition) is 3. The lowest BCUT2D eigenvalue weighted by atomic mass is 10.1. The normalized spacial score (nSPS) is 10.9. The molecule has 0 atom stereocenters. The van der Waals surface area contributed by atoms with E-state index in [9.17, 15) is 9.18 Å². The van der Waals surface area contributed by atoms with E-state index in [2.05, 4.69) is 15.4 Å². The summed E-state index contributed by atoms with van der Waals surface area (Å²) in [5, 5.41) is 7.58. The predicted octanol–water partition coefficient (Wildman–Crippen LogP) is 2.98. The number of carbonyl (C=O) groups is 1. The molecule has 0 saturated heterocycles. The maximum atomic E-state index is 13.7. The Balaban J connectivity index is 2.10. The van der Waals surface area contributed by atoms with Crippen molar-refractivity contribution in [1.82, 2.24) is 14.8 Å². The number of pyridine rings is 1. The summed E-state index contributed by atoms with van der Waals surface area (Å²) in [6.45, 7) is 3.63. The Hall–Kier alpha value is -2.76. The van der Waals surface area contributed by atoms with Crippen LogP contribution in [0.25, 0.3) is 11.0 Å². The number of aryl methyl sites for hydroxylation is 3. The maximum absolute atomic E-state index is 13.7. The maximum Gasteiger partial charge on any atom is 0.256 e. The van der Waals surface area contributed by atoms with Crippen LogP contribution in [0.15, 0.2) is 30.3 Å². The second-order valence-corrected chi connectivity index (χ2v) is 5.15. The molecule has 2 aromatic heterocycles. The number of rotatable bonds is 2. The SMILES string of the molecule is Cc1cc(C(=O)Nc2ccccc2F)c2c(C)nn(C)c2n1. The van der Waals surface area contributed by atoms with Crippen LogP contribution in [0.5, 0.6) is 0 Å². The number of benzene rings is 1. The van der Waals surface area contributed by atoms with Gasteiger partial charge in [0.05, 0.1) is 22.3 Å². The minimum atomic E-state index is -0.471. The van der Waals surface area contributed by atoms with E-state index >= 15 is 0 Å². The summed E-state index contributed by atoms with van der Waals surface area (Å²) in [4.78, 5) is 17.0. The highest BCUT2D eigenvalue weighted by atomic mass is 19.1. The molecule has 1 aromatic carbocycles. The molecule has 0 spiro atoms. The van der Waals surface area contributed by atoms with Gasteiger partial charge in [0, 0.05) is 12.7 Å². The van der Waals surface area contributed by atoms with Gasteiger partial charge in [-0.25, -0.2) is 9.37 Å². The van der Waals surface area contributed by atoms with Crippen molar-refractivity contribution in [2.24, 2.45) is 7.05 Å². The number of amides is 1. The van der Waals surface area contributed by atoms with Gasteiger partial charge in [-0.1, -0.05) is 12.1 Å². The minimum Gasteiger partial charge on any atom is -0.319 e. The first-order chi connectivity index (χ1) is 10.5. The summed E-state index contributed by atoms with van der Waals surface area (Å²) in [5.74, 6) is -0.850. The van der Waals surface area contributed by atoms with Crippen LogP contribution in [0.2, 0.25) is 0 Å². The van der Waals surface area contributed by atoms with Crippen LogP contribution in [0.1, 0.15) is 21.7 Å². The summed E-state index contributed by atoms with van der Waals surface area (Å²) in [7, 11) is 1.78. The Morgan fingerprint density at radius 3 is 2.73 bits per heavy atom. The third kappa shape index (κ3) is 2.32. The molecule has 1 N–H and O–H groups in total. The zero-order chi connectivity index (χ0) is 15.9. The molecule has 0 bridgehead atoms. The number of aromatic nitrogens is 3. The van der Waals surface area contributed by atoms with Crippen molar-refractivity contribution in [1.29, 1.82) is 0 Å². The molecule has 2 heterocycles. The number of hydrogen-bond donors (Lipinski definition) is 1. The summed E-state index contributed by atoms with van der Waals surface area (Å²) in [6, 6.07) is 7.76. The first-order valence-electron chi connectivity index (χ1n) is 6.84. The minimum absolute atomic E-state index is 0.150. The molecule has 112 valence electrons. The van der Waals surface area contributed by atoms with Crippen molar-refractivity contribution >= 4 is 22.6 Å². The van der Waals surface area contributed by atoms with E-state index in [1.54, 1.807) is 29.9 Å². The summed E-state index contributed by atoms with van der Waals surface area (Å²) in [5.41, 5.74) is 2.64. The highest BCUT2D eigenvalue weighted by Gasteiger charge is 2.18. The van der Waals surface area contributed by atoms with E-state index in [4.69, 9.17) is 0 Å². The third-order valence-corrected chi connectivity index (χ3v) is 3.46. The van der Waals surface area contributed by atoms with Crippen LogP contribution < -0.4 is 5.32 Å². The van der Waals surface area contributed by atoms with Crippen LogP contribution in [0.3, 0.4) is 0 Å². The van der Waals surface area contributed by atoms with Crippen molar-refractivity contribution in [3.05, 3.63) is 53.1 Å². The fraction of sp³-hybridized carbons (Fsp3) is 0.188. The number of anilines is 1. The molecule has 0 aliphatic carbocycles. The van der Waals surface area contributed by atoms with Crippen LogP contribution in [-0.4, -0.2) is 20.7 Å². The van der Waals surface area contributed by atoms with E-state index in [0.29, 0.717) is 28.0 Å². The van der Waals surface area contributed by atoms with Gasteiger partial charge >= 0.3 is 0 Å². The molecule has 0 unspecified atom stereocenters. The Kier molecular flexibility index (Phi) is 3.36. The van der Waals surface area contributed by atoms with E-state index in [0.717, 1.165) is 0 Å². The van der Waals surface area contributed by atoms with Crippen molar-refractivity contribution in [2.75, 3.05) is 5.32 Å². The highest BCUT2D eigenvalue weighted by Crippen LogP contribution is 2.23. The van der Waals surface area contributed by atoms with Gasteiger partial charge in [0.1, 0.15) is 5.82 Å². The average Bonchev–Trinajstić information content (AvgIpc) is 2.75. The van der Waals surface area contributed by atoms with Crippen molar-refractivity contribution in [2.45, 2.75) is 13.8 Å². The second-order valence-electron chi connectivity index (χ2n) is 5.15. The Morgan fingerprint density at radius 2 is 2.00 bits per heavy atom. The Morgan fingerprint density at radius 1 is 1.27 bits per heavy atom. The lowest BCUT2D eigenvalue weighted by Gasteiger charge is -2.08. The van der Waals surface area contributed by atoms with Gasteiger partial charge in [-0.2, -0.15) is 5.10 Å². The topological polar surface area (TPSA) is 59.8 Å². The number of fused-ring (bicyclic) bond motifs is 1. The van der Waals surface area contributed by atoms with Crippen LogP contribution in [0.4, 0.5) is 10.1 Å². The van der Waals surface area contributed by atoms with E-state index in [-0.39, 0.29) is 11.6 Å². The van der Waals surface area contributed by atoms with E-state index in [1.165, 1.54) is 12.1 Å². The van der Waals surface area contributed by atoms with Crippen molar-refractivity contribution in [3.8, 4) is 0 Å². The number of nitrogens with zero attached hydrogens (tertiary/aromatic N) is 3. The molecular weight excluding hydrogens is 283 g/mol. The van der Waals surface area contributed by atoms with Gasteiger partial charge < -0.3 is 5.32 Å². The van der Waals surface area contributed by atoms with Gasteiger partial charge in [0.25, 0.3) is 5.91 Å². The fourth-order valence-corrected chi connectivity index (χ4v) is 2.50. The molecule has 3 rings (SSSR count). The van der Waals surface area contributed by atoms with E-state index in [1.807, 2.05) is 13.8 Å². The molecule has 1 amide bonds. The smallest absolute Gasteiger partial charge is 0.256 e. The van der Waals surface area contributed by atoms with Gasteiger partial charge in [-0.15, -0.1) is 0 Å². The zero-order valence-electron chi connectivity index (χ0n) is 12.5.